The number of thioether (sulfide) groups is 1. The maximum atomic E-state index is 12.1. The van der Waals surface area contributed by atoms with Gasteiger partial charge in [-0.2, -0.15) is 0 Å². The predicted molar refractivity (Wildman–Crippen MR) is 86.0 cm³/mol. The molecule has 3 rings (SSSR count). The van der Waals surface area contributed by atoms with Crippen molar-refractivity contribution in [1.82, 2.24) is 10.2 Å². The van der Waals surface area contributed by atoms with Crippen molar-refractivity contribution in [2.24, 2.45) is 0 Å². The van der Waals surface area contributed by atoms with Crippen LogP contribution < -0.4 is 5.32 Å². The molecule has 1 aromatic carbocycles. The van der Waals surface area contributed by atoms with E-state index < -0.39 is 23.3 Å². The lowest BCUT2D eigenvalue weighted by Gasteiger charge is -2.48. The molecule has 118 valence electrons. The first kappa shape index (κ1) is 15.4. The number of benzene rings is 1. The van der Waals surface area contributed by atoms with Crippen molar-refractivity contribution in [3.8, 4) is 0 Å². The van der Waals surface area contributed by atoms with Crippen LogP contribution in [-0.4, -0.2) is 39.2 Å². The van der Waals surface area contributed by atoms with Crippen molar-refractivity contribution >= 4 is 35.6 Å². The minimum Gasteiger partial charge on any atom is -0.477 e. The van der Waals surface area contributed by atoms with Crippen LogP contribution in [0.25, 0.3) is 6.08 Å². The molecule has 23 heavy (non-hydrogen) atoms. The molecule has 2 heterocycles. The van der Waals surface area contributed by atoms with Crippen molar-refractivity contribution in [1.29, 1.82) is 0 Å². The van der Waals surface area contributed by atoms with Crippen LogP contribution in [-0.2, 0) is 14.4 Å². The normalized spacial score (nSPS) is 24.6. The highest BCUT2D eigenvalue weighted by Gasteiger charge is 2.53. The van der Waals surface area contributed by atoms with Gasteiger partial charge in [0.05, 0.1) is 0 Å². The van der Waals surface area contributed by atoms with E-state index in [0.717, 1.165) is 10.5 Å². The Balaban J connectivity index is 1.94. The first-order chi connectivity index (χ1) is 11.0. The summed E-state index contributed by atoms with van der Waals surface area (Å²) in [5.41, 5.74) is 0.869. The van der Waals surface area contributed by atoms with Crippen LogP contribution >= 0.6 is 11.8 Å². The SMILES string of the molecule is CC(=O)NC1C(=O)N2C(C(=O)O)=CC(=Cc3ccccc3)SC12. The topological polar surface area (TPSA) is 86.7 Å². The summed E-state index contributed by atoms with van der Waals surface area (Å²) in [6.45, 7) is 1.33. The molecule has 2 aliphatic heterocycles. The number of β-lactam (4-membered cyclic amide) rings is 1. The lowest BCUT2D eigenvalue weighted by atomic mass is 10.0. The molecular weight excluding hydrogens is 316 g/mol. The van der Waals surface area contributed by atoms with Crippen LogP contribution in [0.2, 0.25) is 0 Å². The molecule has 0 bridgehead atoms. The summed E-state index contributed by atoms with van der Waals surface area (Å²) in [6, 6.07) is 8.80. The standard InChI is InChI=1S/C16H14N2O4S/c1-9(19)17-13-14(20)18-12(16(21)22)8-11(23-15(13)18)7-10-5-3-2-4-6-10/h2-8,13,15H,1H3,(H,17,19)(H,21,22). The van der Waals surface area contributed by atoms with E-state index in [1.807, 2.05) is 36.4 Å². The highest BCUT2D eigenvalue weighted by Crippen LogP contribution is 2.43. The number of fused-ring (bicyclic) bond motifs is 1. The molecule has 1 aromatic rings. The van der Waals surface area contributed by atoms with Crippen LogP contribution in [0.15, 0.2) is 47.0 Å². The molecule has 0 aromatic heterocycles. The van der Waals surface area contributed by atoms with E-state index in [0.29, 0.717) is 0 Å². The number of hydrogen-bond donors (Lipinski definition) is 2. The van der Waals surface area contributed by atoms with E-state index in [9.17, 15) is 19.5 Å². The zero-order valence-electron chi connectivity index (χ0n) is 12.2. The van der Waals surface area contributed by atoms with Gasteiger partial charge in [-0.3, -0.25) is 14.5 Å². The Hall–Kier alpha value is -2.54. The molecular formula is C16H14N2O4S. The van der Waals surface area contributed by atoms with Crippen molar-refractivity contribution in [3.05, 3.63) is 52.6 Å². The van der Waals surface area contributed by atoms with Crippen molar-refractivity contribution in [2.75, 3.05) is 0 Å². The summed E-state index contributed by atoms with van der Waals surface area (Å²) in [5, 5.41) is 11.5. The number of nitrogens with zero attached hydrogens (tertiary/aromatic N) is 1. The Morgan fingerprint density at radius 1 is 1.30 bits per heavy atom. The van der Waals surface area contributed by atoms with Gasteiger partial charge < -0.3 is 10.4 Å². The maximum absolute atomic E-state index is 12.1. The lowest BCUT2D eigenvalue weighted by molar-refractivity contribution is -0.150. The Morgan fingerprint density at radius 3 is 2.61 bits per heavy atom. The second-order valence-corrected chi connectivity index (χ2v) is 6.38. The van der Waals surface area contributed by atoms with E-state index in [1.165, 1.54) is 29.7 Å². The van der Waals surface area contributed by atoms with E-state index >= 15 is 0 Å². The third-order valence-corrected chi connectivity index (χ3v) is 4.76. The molecule has 2 aliphatic rings. The maximum Gasteiger partial charge on any atom is 0.352 e. The van der Waals surface area contributed by atoms with E-state index in [2.05, 4.69) is 5.32 Å². The summed E-state index contributed by atoms with van der Waals surface area (Å²) in [5.74, 6) is -1.88. The number of hydrogen-bond acceptors (Lipinski definition) is 4. The Morgan fingerprint density at radius 2 is 2.00 bits per heavy atom. The van der Waals surface area contributed by atoms with Crippen molar-refractivity contribution in [2.45, 2.75) is 18.3 Å². The largest absolute Gasteiger partial charge is 0.477 e. The molecule has 1 fully saturated rings. The minimum atomic E-state index is -1.16. The smallest absolute Gasteiger partial charge is 0.352 e. The number of amides is 2. The second kappa shape index (κ2) is 5.92. The first-order valence-corrected chi connectivity index (χ1v) is 7.84. The van der Waals surface area contributed by atoms with Crippen molar-refractivity contribution < 1.29 is 19.5 Å². The molecule has 1 saturated heterocycles. The Labute approximate surface area is 136 Å². The van der Waals surface area contributed by atoms with E-state index in [1.54, 1.807) is 0 Å². The summed E-state index contributed by atoms with van der Waals surface area (Å²) in [7, 11) is 0. The first-order valence-electron chi connectivity index (χ1n) is 6.96. The van der Waals surface area contributed by atoms with Gasteiger partial charge in [0.15, 0.2) is 0 Å². The fourth-order valence-corrected chi connectivity index (χ4v) is 3.83. The molecule has 6 nitrogen and oxygen atoms in total. The lowest BCUT2D eigenvalue weighted by Crippen LogP contribution is -2.69. The Kier molecular flexibility index (Phi) is 3.96. The van der Waals surface area contributed by atoms with Crippen LogP contribution in [0.4, 0.5) is 0 Å². The van der Waals surface area contributed by atoms with Crippen LogP contribution in [0, 0.1) is 0 Å². The molecule has 2 unspecified atom stereocenters. The minimum absolute atomic E-state index is 0.0671. The average Bonchev–Trinajstić information content (AvgIpc) is 2.52. The van der Waals surface area contributed by atoms with Gasteiger partial charge in [-0.05, 0) is 17.7 Å². The van der Waals surface area contributed by atoms with Gasteiger partial charge in [-0.15, -0.1) is 0 Å². The van der Waals surface area contributed by atoms with Gasteiger partial charge in [0.1, 0.15) is 17.1 Å². The van der Waals surface area contributed by atoms with E-state index in [-0.39, 0.29) is 11.6 Å². The molecule has 0 spiro atoms. The fraction of sp³-hybridized carbons (Fsp3) is 0.188. The second-order valence-electron chi connectivity index (χ2n) is 5.19. The monoisotopic (exact) mass is 330 g/mol. The molecule has 2 N–H and O–H groups in total. The van der Waals surface area contributed by atoms with Gasteiger partial charge >= 0.3 is 5.97 Å². The Bertz CT molecular complexity index is 742. The number of carbonyl (C=O) groups excluding carboxylic acids is 2. The number of carboxylic acids is 1. The molecule has 2 atom stereocenters. The quantitative estimate of drug-likeness (QED) is 0.819. The number of carbonyl (C=O) groups is 3. The number of allylic oxidation sites excluding steroid dienone is 1. The van der Waals surface area contributed by atoms with Gasteiger partial charge in [-0.25, -0.2) is 4.79 Å². The van der Waals surface area contributed by atoms with Gasteiger partial charge in [0.25, 0.3) is 5.91 Å². The van der Waals surface area contributed by atoms with Gasteiger partial charge in [0, 0.05) is 11.8 Å². The van der Waals surface area contributed by atoms with Crippen LogP contribution in [0.5, 0.6) is 0 Å². The highest BCUT2D eigenvalue weighted by molar-refractivity contribution is 8.04. The third-order valence-electron chi connectivity index (χ3n) is 3.52. The number of nitrogens with one attached hydrogen (secondary N) is 1. The zero-order valence-corrected chi connectivity index (χ0v) is 13.0. The van der Waals surface area contributed by atoms with Gasteiger partial charge in [0.2, 0.25) is 5.91 Å². The van der Waals surface area contributed by atoms with Crippen molar-refractivity contribution in [3.63, 3.8) is 0 Å². The van der Waals surface area contributed by atoms with E-state index in [4.69, 9.17) is 0 Å². The molecule has 0 radical (unpaired) electrons. The van der Waals surface area contributed by atoms with Crippen LogP contribution in [0.1, 0.15) is 12.5 Å². The third kappa shape index (κ3) is 2.87. The summed E-state index contributed by atoms with van der Waals surface area (Å²) >= 11 is 1.36. The van der Waals surface area contributed by atoms with Crippen LogP contribution in [0.3, 0.4) is 0 Å². The highest BCUT2D eigenvalue weighted by atomic mass is 32.2. The number of rotatable bonds is 3. The summed E-state index contributed by atoms with van der Waals surface area (Å²) in [4.78, 5) is 36.7. The molecule has 0 aliphatic carbocycles. The predicted octanol–water partition coefficient (Wildman–Crippen LogP) is 1.42. The van der Waals surface area contributed by atoms with Gasteiger partial charge in [-0.1, -0.05) is 42.1 Å². The number of carboxylic acid groups (broad SMARTS) is 1. The molecule has 2 amide bonds. The summed E-state index contributed by atoms with van der Waals surface area (Å²) in [6.07, 6.45) is 3.34. The fourth-order valence-electron chi connectivity index (χ4n) is 2.52. The summed E-state index contributed by atoms with van der Waals surface area (Å²) < 4.78 is 0. The number of aliphatic carboxylic acids is 1. The molecule has 7 heteroatoms. The molecule has 0 saturated carbocycles. The average molecular weight is 330 g/mol. The zero-order chi connectivity index (χ0) is 16.6.